The normalized spacial score (nSPS) is 32.8. The molecule has 2 bridgehead atoms. The zero-order valence-corrected chi connectivity index (χ0v) is 13.2. The number of carbonyl (C=O) groups excluding carboxylic acids is 2. The molecule has 4 heteroatoms. The van der Waals surface area contributed by atoms with Crippen molar-refractivity contribution < 1.29 is 14.3 Å². The van der Waals surface area contributed by atoms with E-state index in [0.29, 0.717) is 11.3 Å². The van der Waals surface area contributed by atoms with Crippen LogP contribution >= 0.6 is 0 Å². The van der Waals surface area contributed by atoms with E-state index in [1.807, 2.05) is 20.8 Å². The molecule has 0 saturated heterocycles. The number of fused-ring (bicyclic) bond motifs is 2. The minimum Gasteiger partial charge on any atom is -0.444 e. The minimum atomic E-state index is -0.537. The molecular formula is C16H27NO3. The van der Waals surface area contributed by atoms with Crippen LogP contribution in [0.3, 0.4) is 0 Å². The highest BCUT2D eigenvalue weighted by molar-refractivity contribution is 5.73. The highest BCUT2D eigenvalue weighted by Gasteiger charge is 2.55. The summed E-state index contributed by atoms with van der Waals surface area (Å²) in [6.07, 6.45) is 3.77. The van der Waals surface area contributed by atoms with Gasteiger partial charge in [0.25, 0.3) is 0 Å². The van der Waals surface area contributed by atoms with Crippen LogP contribution in [0.25, 0.3) is 0 Å². The Morgan fingerprint density at radius 1 is 1.35 bits per heavy atom. The van der Waals surface area contributed by atoms with Gasteiger partial charge in [-0.15, -0.1) is 0 Å². The fourth-order valence-corrected chi connectivity index (χ4v) is 3.98. The molecule has 3 fully saturated rings. The smallest absolute Gasteiger partial charge is 0.408 e. The maximum absolute atomic E-state index is 11.9. The summed E-state index contributed by atoms with van der Waals surface area (Å²) in [4.78, 5) is 23.3. The molecule has 20 heavy (non-hydrogen) atoms. The number of alkyl carbamates (subject to hydrolysis) is 1. The number of hydrogen-bond acceptors (Lipinski definition) is 3. The molecule has 4 unspecified atom stereocenters. The van der Waals surface area contributed by atoms with E-state index in [1.54, 1.807) is 0 Å². The maximum Gasteiger partial charge on any atom is 0.408 e. The van der Waals surface area contributed by atoms with Crippen LogP contribution in [0.4, 0.5) is 4.79 Å². The summed E-state index contributed by atoms with van der Waals surface area (Å²) in [6.45, 7) is 10.0. The predicted molar refractivity (Wildman–Crippen MR) is 77.3 cm³/mol. The zero-order chi connectivity index (χ0) is 15.1. The zero-order valence-electron chi connectivity index (χ0n) is 13.2. The van der Waals surface area contributed by atoms with Crippen LogP contribution in [0.5, 0.6) is 0 Å². The average molecular weight is 281 g/mol. The quantitative estimate of drug-likeness (QED) is 0.808. The standard InChI is InChI=1S/C16H27NO3/c1-15(2,3)20-14(19)17-13(9-18)11-7-6-10-8-12(11)16(10,4)5/h9-13H,6-8H2,1-5H3,(H,17,19). The third kappa shape index (κ3) is 2.84. The Bertz CT molecular complexity index is 395. The molecule has 3 aliphatic rings. The third-order valence-corrected chi connectivity index (χ3v) is 5.20. The maximum atomic E-state index is 11.9. The number of amides is 1. The van der Waals surface area contributed by atoms with Crippen molar-refractivity contribution in [2.24, 2.45) is 23.2 Å². The van der Waals surface area contributed by atoms with Gasteiger partial charge in [0.2, 0.25) is 0 Å². The molecule has 0 aromatic heterocycles. The second-order valence-electron chi connectivity index (χ2n) is 7.91. The van der Waals surface area contributed by atoms with Crippen LogP contribution in [0.15, 0.2) is 0 Å². The highest BCUT2D eigenvalue weighted by atomic mass is 16.6. The van der Waals surface area contributed by atoms with Crippen molar-refractivity contribution in [2.45, 2.75) is 65.5 Å². The number of nitrogens with one attached hydrogen (secondary N) is 1. The van der Waals surface area contributed by atoms with Crippen molar-refractivity contribution in [1.82, 2.24) is 5.32 Å². The van der Waals surface area contributed by atoms with E-state index in [2.05, 4.69) is 19.2 Å². The first-order valence-electron chi connectivity index (χ1n) is 7.60. The van der Waals surface area contributed by atoms with E-state index in [9.17, 15) is 9.59 Å². The Kier molecular flexibility index (Phi) is 3.87. The number of rotatable bonds is 3. The highest BCUT2D eigenvalue weighted by Crippen LogP contribution is 2.61. The van der Waals surface area contributed by atoms with Gasteiger partial charge in [-0.05, 0) is 63.2 Å². The fourth-order valence-electron chi connectivity index (χ4n) is 3.98. The minimum absolute atomic E-state index is 0.250. The van der Waals surface area contributed by atoms with Gasteiger partial charge >= 0.3 is 6.09 Å². The molecular weight excluding hydrogens is 254 g/mol. The number of ether oxygens (including phenoxy) is 1. The van der Waals surface area contributed by atoms with Crippen LogP contribution in [0.2, 0.25) is 0 Å². The Balaban J connectivity index is 1.99. The van der Waals surface area contributed by atoms with Crippen molar-refractivity contribution in [3.05, 3.63) is 0 Å². The first-order valence-corrected chi connectivity index (χ1v) is 7.60. The predicted octanol–water partition coefficient (Wildman–Crippen LogP) is 3.15. The van der Waals surface area contributed by atoms with E-state index in [-0.39, 0.29) is 5.92 Å². The van der Waals surface area contributed by atoms with E-state index in [4.69, 9.17) is 4.74 Å². The van der Waals surface area contributed by atoms with Gasteiger partial charge in [-0.2, -0.15) is 0 Å². The average Bonchev–Trinajstić information content (AvgIpc) is 2.33. The van der Waals surface area contributed by atoms with Gasteiger partial charge in [-0.25, -0.2) is 4.79 Å². The second kappa shape index (κ2) is 5.05. The summed E-state index contributed by atoms with van der Waals surface area (Å²) in [5.41, 5.74) is -0.231. The molecule has 3 rings (SSSR count). The first kappa shape index (κ1) is 15.3. The molecule has 0 aromatic rings. The van der Waals surface area contributed by atoms with Gasteiger partial charge in [0.1, 0.15) is 11.9 Å². The van der Waals surface area contributed by atoms with Gasteiger partial charge in [0.05, 0.1) is 6.04 Å². The lowest BCUT2D eigenvalue weighted by Crippen LogP contribution is -2.58. The molecule has 4 atom stereocenters. The van der Waals surface area contributed by atoms with Gasteiger partial charge < -0.3 is 14.8 Å². The van der Waals surface area contributed by atoms with Crippen molar-refractivity contribution >= 4 is 12.4 Å². The second-order valence-corrected chi connectivity index (χ2v) is 7.91. The molecule has 1 amide bonds. The van der Waals surface area contributed by atoms with Crippen LogP contribution in [-0.4, -0.2) is 24.0 Å². The molecule has 1 N–H and O–H groups in total. The molecule has 3 aliphatic carbocycles. The molecule has 0 radical (unpaired) electrons. The molecule has 3 saturated carbocycles. The summed E-state index contributed by atoms with van der Waals surface area (Å²) in [5, 5.41) is 2.76. The van der Waals surface area contributed by atoms with Crippen LogP contribution in [-0.2, 0) is 9.53 Å². The monoisotopic (exact) mass is 281 g/mol. The molecule has 0 heterocycles. The SMILES string of the molecule is CC(C)(C)OC(=O)NC(C=O)C1CCC2CC1C2(C)C. The van der Waals surface area contributed by atoms with E-state index in [1.165, 1.54) is 6.42 Å². The van der Waals surface area contributed by atoms with Crippen LogP contribution < -0.4 is 5.32 Å². The van der Waals surface area contributed by atoms with Gasteiger partial charge in [0.15, 0.2) is 0 Å². The topological polar surface area (TPSA) is 55.4 Å². The number of hydrogen-bond donors (Lipinski definition) is 1. The van der Waals surface area contributed by atoms with Gasteiger partial charge in [-0.1, -0.05) is 13.8 Å². The van der Waals surface area contributed by atoms with Crippen molar-refractivity contribution in [3.8, 4) is 0 Å². The van der Waals surface area contributed by atoms with Crippen LogP contribution in [0, 0.1) is 23.2 Å². The Morgan fingerprint density at radius 2 is 2.00 bits per heavy atom. The van der Waals surface area contributed by atoms with Crippen molar-refractivity contribution in [3.63, 3.8) is 0 Å². The summed E-state index contributed by atoms with van der Waals surface area (Å²) >= 11 is 0. The third-order valence-electron chi connectivity index (χ3n) is 5.20. The van der Waals surface area contributed by atoms with Crippen molar-refractivity contribution in [2.75, 3.05) is 0 Å². The summed E-state index contributed by atoms with van der Waals surface area (Å²) in [5.74, 6) is 1.57. The Labute approximate surface area is 121 Å². The lowest BCUT2D eigenvalue weighted by atomic mass is 9.45. The summed E-state index contributed by atoms with van der Waals surface area (Å²) in [6, 6.07) is -0.421. The molecule has 0 aromatic carbocycles. The largest absolute Gasteiger partial charge is 0.444 e. The molecule has 4 nitrogen and oxygen atoms in total. The summed E-state index contributed by atoms with van der Waals surface area (Å²) < 4.78 is 5.25. The number of carbonyl (C=O) groups is 2. The van der Waals surface area contributed by atoms with Gasteiger partial charge in [-0.3, -0.25) is 0 Å². The Hall–Kier alpha value is -1.06. The molecule has 0 aliphatic heterocycles. The lowest BCUT2D eigenvalue weighted by Gasteiger charge is -2.61. The summed E-state index contributed by atoms with van der Waals surface area (Å²) in [7, 11) is 0. The lowest BCUT2D eigenvalue weighted by molar-refractivity contribution is -0.128. The van der Waals surface area contributed by atoms with Crippen LogP contribution in [0.1, 0.15) is 53.9 Å². The fraction of sp³-hybridized carbons (Fsp3) is 0.875. The molecule has 0 spiro atoms. The Morgan fingerprint density at radius 3 is 2.45 bits per heavy atom. The van der Waals surface area contributed by atoms with E-state index < -0.39 is 17.7 Å². The number of aldehydes is 1. The van der Waals surface area contributed by atoms with Crippen molar-refractivity contribution in [1.29, 1.82) is 0 Å². The van der Waals surface area contributed by atoms with E-state index in [0.717, 1.165) is 25.0 Å². The molecule has 114 valence electrons. The van der Waals surface area contributed by atoms with Gasteiger partial charge in [0, 0.05) is 0 Å². The first-order chi connectivity index (χ1) is 9.15. The van der Waals surface area contributed by atoms with E-state index >= 15 is 0 Å².